The van der Waals surface area contributed by atoms with E-state index in [4.69, 9.17) is 25.8 Å². The van der Waals surface area contributed by atoms with Crippen LogP contribution in [-0.4, -0.2) is 59.2 Å². The number of carbonyl (C=O) groups excluding carboxylic acids is 1. The van der Waals surface area contributed by atoms with Gasteiger partial charge in [-0.1, -0.05) is 11.6 Å². The van der Waals surface area contributed by atoms with Gasteiger partial charge >= 0.3 is 0 Å². The normalized spacial score (nSPS) is 15.0. The van der Waals surface area contributed by atoms with Crippen molar-refractivity contribution >= 4 is 33.2 Å². The number of nitrogens with one attached hydrogen (secondary N) is 1. The molecule has 8 nitrogen and oxygen atoms in total. The Morgan fingerprint density at radius 1 is 1.07 bits per heavy atom. The van der Waals surface area contributed by atoms with Gasteiger partial charge in [0.05, 0.1) is 43.0 Å². The lowest BCUT2D eigenvalue weighted by molar-refractivity contribution is 0.0730. The van der Waals surface area contributed by atoms with Crippen LogP contribution >= 0.6 is 11.6 Å². The van der Waals surface area contributed by atoms with Crippen molar-refractivity contribution in [1.29, 1.82) is 0 Å². The summed E-state index contributed by atoms with van der Waals surface area (Å²) in [4.78, 5) is 12.7. The van der Waals surface area contributed by atoms with E-state index in [2.05, 4.69) is 5.32 Å². The van der Waals surface area contributed by atoms with Crippen LogP contribution in [0.4, 0.5) is 5.69 Å². The van der Waals surface area contributed by atoms with E-state index in [-0.39, 0.29) is 4.90 Å². The fraction of sp³-hybridized carbons (Fsp3) is 0.316. The van der Waals surface area contributed by atoms with Gasteiger partial charge in [0.1, 0.15) is 11.5 Å². The molecule has 10 heteroatoms. The third-order valence-corrected chi connectivity index (χ3v) is 6.65. The Labute approximate surface area is 174 Å². The van der Waals surface area contributed by atoms with Gasteiger partial charge in [-0.3, -0.25) is 4.79 Å². The molecule has 0 spiro atoms. The second-order valence-corrected chi connectivity index (χ2v) is 8.53. The fourth-order valence-corrected chi connectivity index (χ4v) is 4.51. The quantitative estimate of drug-likeness (QED) is 0.742. The number of halogens is 1. The van der Waals surface area contributed by atoms with Crippen LogP contribution in [0.3, 0.4) is 0 Å². The van der Waals surface area contributed by atoms with Crippen molar-refractivity contribution in [1.82, 2.24) is 4.31 Å². The van der Waals surface area contributed by atoms with Gasteiger partial charge in [-0.05, 0) is 24.3 Å². The van der Waals surface area contributed by atoms with Crippen LogP contribution in [0.25, 0.3) is 0 Å². The average Bonchev–Trinajstić information content (AvgIpc) is 2.75. The van der Waals surface area contributed by atoms with E-state index >= 15 is 0 Å². The van der Waals surface area contributed by atoms with Gasteiger partial charge in [-0.15, -0.1) is 0 Å². The molecule has 0 unspecified atom stereocenters. The molecule has 156 valence electrons. The van der Waals surface area contributed by atoms with Crippen molar-refractivity contribution in [2.45, 2.75) is 4.90 Å². The third kappa shape index (κ3) is 4.64. The molecular formula is C19H21ClN2O6S. The highest BCUT2D eigenvalue weighted by molar-refractivity contribution is 7.89. The molecule has 1 N–H and O–H groups in total. The Kier molecular flexibility index (Phi) is 6.63. The monoisotopic (exact) mass is 440 g/mol. The first-order chi connectivity index (χ1) is 13.9. The molecule has 1 fully saturated rings. The number of sulfonamides is 1. The highest BCUT2D eigenvalue weighted by atomic mass is 35.5. The number of hydrogen-bond donors (Lipinski definition) is 1. The number of morpholine rings is 1. The molecule has 3 rings (SSSR count). The largest absolute Gasteiger partial charge is 0.495 e. The van der Waals surface area contributed by atoms with Crippen molar-refractivity contribution in [2.75, 3.05) is 45.8 Å². The van der Waals surface area contributed by atoms with Crippen LogP contribution in [0, 0.1) is 0 Å². The molecule has 1 heterocycles. The van der Waals surface area contributed by atoms with Crippen LogP contribution in [0.15, 0.2) is 41.3 Å². The summed E-state index contributed by atoms with van der Waals surface area (Å²) >= 11 is 6.07. The Morgan fingerprint density at radius 2 is 1.69 bits per heavy atom. The summed E-state index contributed by atoms with van der Waals surface area (Å²) in [6.07, 6.45) is 0. The lowest BCUT2D eigenvalue weighted by Gasteiger charge is -2.26. The van der Waals surface area contributed by atoms with E-state index in [1.54, 1.807) is 6.07 Å². The number of benzene rings is 2. The third-order valence-electron chi connectivity index (χ3n) is 4.45. The SMILES string of the molecule is COc1cc(NC(=O)c2ccc(S(=O)(=O)N3CCOCC3)cc2)c(OC)cc1Cl. The van der Waals surface area contributed by atoms with Crippen LogP contribution in [-0.2, 0) is 14.8 Å². The van der Waals surface area contributed by atoms with Crippen molar-refractivity contribution < 1.29 is 27.4 Å². The molecule has 1 saturated heterocycles. The number of anilines is 1. The highest BCUT2D eigenvalue weighted by Crippen LogP contribution is 2.36. The van der Waals surface area contributed by atoms with Crippen molar-refractivity contribution in [3.63, 3.8) is 0 Å². The first-order valence-corrected chi connectivity index (χ1v) is 10.6. The molecule has 2 aromatic carbocycles. The van der Waals surface area contributed by atoms with Crippen molar-refractivity contribution in [2.24, 2.45) is 0 Å². The second-order valence-electron chi connectivity index (χ2n) is 6.18. The lowest BCUT2D eigenvalue weighted by atomic mass is 10.2. The molecule has 0 aromatic heterocycles. The number of nitrogens with zero attached hydrogens (tertiary/aromatic N) is 1. The first kappa shape index (κ1) is 21.4. The molecule has 0 radical (unpaired) electrons. The Bertz CT molecular complexity index is 989. The van der Waals surface area contributed by atoms with Gasteiger partial charge in [0.25, 0.3) is 5.91 Å². The smallest absolute Gasteiger partial charge is 0.255 e. The summed E-state index contributed by atoms with van der Waals surface area (Å²) in [5.41, 5.74) is 0.672. The summed E-state index contributed by atoms with van der Waals surface area (Å²) < 4.78 is 42.3. The molecule has 0 bridgehead atoms. The summed E-state index contributed by atoms with van der Waals surface area (Å²) in [5.74, 6) is 0.327. The van der Waals surface area contributed by atoms with Crippen LogP contribution < -0.4 is 14.8 Å². The maximum atomic E-state index is 12.7. The summed E-state index contributed by atoms with van der Waals surface area (Å²) in [6, 6.07) is 8.84. The van der Waals surface area contributed by atoms with E-state index in [9.17, 15) is 13.2 Å². The molecule has 0 aliphatic carbocycles. The predicted octanol–water partition coefficient (Wildman–Crippen LogP) is 2.63. The van der Waals surface area contributed by atoms with Gasteiger partial charge in [-0.2, -0.15) is 4.31 Å². The zero-order valence-corrected chi connectivity index (χ0v) is 17.5. The maximum absolute atomic E-state index is 12.7. The first-order valence-electron chi connectivity index (χ1n) is 8.77. The zero-order chi connectivity index (χ0) is 21.0. The van der Waals surface area contributed by atoms with Gasteiger partial charge in [0.15, 0.2) is 0 Å². The molecule has 2 aromatic rings. The molecular weight excluding hydrogens is 420 g/mol. The van der Waals surface area contributed by atoms with Crippen molar-refractivity contribution in [3.8, 4) is 11.5 Å². The number of ether oxygens (including phenoxy) is 3. The van der Waals surface area contributed by atoms with Crippen LogP contribution in [0.5, 0.6) is 11.5 Å². The van der Waals surface area contributed by atoms with E-state index < -0.39 is 15.9 Å². The van der Waals surface area contributed by atoms with E-state index in [1.807, 2.05) is 0 Å². The predicted molar refractivity (Wildman–Crippen MR) is 109 cm³/mol. The van der Waals surface area contributed by atoms with Gasteiger partial charge in [0, 0.05) is 30.8 Å². The Balaban J connectivity index is 1.79. The maximum Gasteiger partial charge on any atom is 0.255 e. The molecule has 1 aliphatic heterocycles. The van der Waals surface area contributed by atoms with E-state index in [0.717, 1.165) is 0 Å². The highest BCUT2D eigenvalue weighted by Gasteiger charge is 2.26. The molecule has 1 amide bonds. The molecule has 0 atom stereocenters. The number of carbonyl (C=O) groups is 1. The molecule has 29 heavy (non-hydrogen) atoms. The van der Waals surface area contributed by atoms with E-state index in [0.29, 0.717) is 54.1 Å². The fourth-order valence-electron chi connectivity index (χ4n) is 2.87. The summed E-state index contributed by atoms with van der Waals surface area (Å²) in [7, 11) is -0.695. The average molecular weight is 441 g/mol. The number of amides is 1. The van der Waals surface area contributed by atoms with Gasteiger partial charge < -0.3 is 19.5 Å². The topological polar surface area (TPSA) is 94.2 Å². The van der Waals surface area contributed by atoms with Gasteiger partial charge in [-0.25, -0.2) is 8.42 Å². The number of rotatable bonds is 6. The standard InChI is InChI=1S/C19H21ClN2O6S/c1-26-17-12-16(18(27-2)11-15(17)20)21-19(23)13-3-5-14(6-4-13)29(24,25)22-7-9-28-10-8-22/h3-6,11-12H,7-10H2,1-2H3,(H,21,23). The summed E-state index contributed by atoms with van der Waals surface area (Å²) in [6.45, 7) is 1.35. The minimum absolute atomic E-state index is 0.127. The second kappa shape index (κ2) is 9.00. The van der Waals surface area contributed by atoms with Gasteiger partial charge in [0.2, 0.25) is 10.0 Å². The summed E-state index contributed by atoms with van der Waals surface area (Å²) in [5, 5.41) is 3.07. The Hall–Kier alpha value is -2.33. The van der Waals surface area contributed by atoms with Crippen LogP contribution in [0.2, 0.25) is 5.02 Å². The zero-order valence-electron chi connectivity index (χ0n) is 16.0. The number of hydrogen-bond acceptors (Lipinski definition) is 6. The molecule has 0 saturated carbocycles. The Morgan fingerprint density at radius 3 is 2.28 bits per heavy atom. The minimum atomic E-state index is -3.62. The van der Waals surface area contributed by atoms with E-state index in [1.165, 1.54) is 48.9 Å². The molecule has 1 aliphatic rings. The van der Waals surface area contributed by atoms with Crippen molar-refractivity contribution in [3.05, 3.63) is 47.0 Å². The minimum Gasteiger partial charge on any atom is -0.495 e. The lowest BCUT2D eigenvalue weighted by Crippen LogP contribution is -2.40. The van der Waals surface area contributed by atoms with Crippen LogP contribution in [0.1, 0.15) is 10.4 Å². The number of methoxy groups -OCH3 is 2.